The van der Waals surface area contributed by atoms with Crippen molar-refractivity contribution >= 4 is 0 Å². The van der Waals surface area contributed by atoms with Crippen LogP contribution in [0, 0.1) is 0 Å². The molecule has 0 radical (unpaired) electrons. The van der Waals surface area contributed by atoms with Crippen LogP contribution in [0.4, 0.5) is 13.2 Å². The summed E-state index contributed by atoms with van der Waals surface area (Å²) in [6.45, 7) is 2.40. The van der Waals surface area contributed by atoms with Crippen molar-refractivity contribution < 1.29 is 17.9 Å². The molecule has 1 atom stereocenters. The third-order valence-electron chi connectivity index (χ3n) is 3.22. The lowest BCUT2D eigenvalue weighted by Crippen LogP contribution is -2.37. The Balaban J connectivity index is 1.98. The van der Waals surface area contributed by atoms with E-state index in [1.165, 1.54) is 19.3 Å². The number of nitrogens with one attached hydrogen (secondary N) is 1. The molecule has 3 nitrogen and oxygen atoms in total. The second-order valence-corrected chi connectivity index (χ2v) is 4.89. The molecule has 0 amide bonds. The molecule has 1 aliphatic heterocycles. The van der Waals surface area contributed by atoms with Crippen molar-refractivity contribution in [3.05, 3.63) is 0 Å². The molecule has 6 heteroatoms. The zero-order valence-electron chi connectivity index (χ0n) is 10.9. The Morgan fingerprint density at radius 1 is 1.28 bits per heavy atom. The summed E-state index contributed by atoms with van der Waals surface area (Å²) in [6, 6.07) is 0.577. The first kappa shape index (κ1) is 15.7. The van der Waals surface area contributed by atoms with Crippen molar-refractivity contribution in [2.45, 2.75) is 44.5 Å². The van der Waals surface area contributed by atoms with E-state index >= 15 is 0 Å². The summed E-state index contributed by atoms with van der Waals surface area (Å²) >= 11 is 0. The molecule has 1 N–H and O–H groups in total. The molecule has 0 saturated carbocycles. The summed E-state index contributed by atoms with van der Waals surface area (Å²) in [5.74, 6) is 0. The quantitative estimate of drug-likeness (QED) is 0.717. The van der Waals surface area contributed by atoms with Crippen LogP contribution in [0.3, 0.4) is 0 Å². The summed E-state index contributed by atoms with van der Waals surface area (Å²) in [6.07, 6.45) is 0.724. The predicted molar refractivity (Wildman–Crippen MR) is 64.4 cm³/mol. The molecule has 1 saturated heterocycles. The van der Waals surface area contributed by atoms with Crippen LogP contribution >= 0.6 is 0 Å². The van der Waals surface area contributed by atoms with Crippen molar-refractivity contribution in [2.75, 3.05) is 33.3 Å². The zero-order valence-corrected chi connectivity index (χ0v) is 10.9. The minimum Gasteiger partial charge on any atom is -0.314 e. The summed E-state index contributed by atoms with van der Waals surface area (Å²) in [4.78, 5) is 2.07. The number of alkyl halides is 3. The average molecular weight is 268 g/mol. The smallest absolute Gasteiger partial charge is 0.314 e. The van der Waals surface area contributed by atoms with Crippen molar-refractivity contribution in [1.82, 2.24) is 10.2 Å². The first-order valence-electron chi connectivity index (χ1n) is 6.60. The Morgan fingerprint density at radius 3 is 2.67 bits per heavy atom. The van der Waals surface area contributed by atoms with Crippen molar-refractivity contribution in [3.8, 4) is 0 Å². The molecule has 1 fully saturated rings. The van der Waals surface area contributed by atoms with Gasteiger partial charge in [0, 0.05) is 12.6 Å². The van der Waals surface area contributed by atoms with E-state index in [0.29, 0.717) is 19.0 Å². The van der Waals surface area contributed by atoms with Crippen LogP contribution in [0.5, 0.6) is 0 Å². The fourth-order valence-electron chi connectivity index (χ4n) is 2.18. The van der Waals surface area contributed by atoms with Crippen LogP contribution in [0.15, 0.2) is 0 Å². The van der Waals surface area contributed by atoms with E-state index < -0.39 is 6.36 Å². The van der Waals surface area contributed by atoms with E-state index in [1.54, 1.807) is 0 Å². The van der Waals surface area contributed by atoms with Crippen molar-refractivity contribution in [3.63, 3.8) is 0 Å². The van der Waals surface area contributed by atoms with Gasteiger partial charge >= 0.3 is 6.36 Å². The van der Waals surface area contributed by atoms with Crippen LogP contribution in [-0.2, 0) is 4.74 Å². The van der Waals surface area contributed by atoms with E-state index in [9.17, 15) is 13.2 Å². The molecule has 1 heterocycles. The maximum Gasteiger partial charge on any atom is 0.522 e. The molecular formula is C12H23F3N2O. The zero-order chi connectivity index (χ0) is 13.4. The van der Waals surface area contributed by atoms with Crippen LogP contribution in [0.1, 0.15) is 32.1 Å². The van der Waals surface area contributed by atoms with Gasteiger partial charge in [-0.3, -0.25) is 4.74 Å². The number of piperidine rings is 1. The molecule has 1 rings (SSSR count). The van der Waals surface area contributed by atoms with Gasteiger partial charge in [-0.1, -0.05) is 6.42 Å². The monoisotopic (exact) mass is 268 g/mol. The highest BCUT2D eigenvalue weighted by molar-refractivity contribution is 4.73. The van der Waals surface area contributed by atoms with Gasteiger partial charge in [0.2, 0.25) is 0 Å². The topological polar surface area (TPSA) is 24.5 Å². The Hall–Kier alpha value is -0.330. The van der Waals surface area contributed by atoms with Gasteiger partial charge in [0.1, 0.15) is 0 Å². The second-order valence-electron chi connectivity index (χ2n) is 4.89. The summed E-state index contributed by atoms with van der Waals surface area (Å²) < 4.78 is 38.9. The van der Waals surface area contributed by atoms with Gasteiger partial charge < -0.3 is 10.2 Å². The lowest BCUT2D eigenvalue weighted by Gasteiger charge is -2.25. The van der Waals surface area contributed by atoms with E-state index in [0.717, 1.165) is 19.5 Å². The first-order chi connectivity index (χ1) is 8.47. The Kier molecular flexibility index (Phi) is 6.96. The number of ether oxygens (including phenoxy) is 1. The number of halogens is 3. The maximum absolute atomic E-state index is 11.7. The fourth-order valence-corrected chi connectivity index (χ4v) is 2.18. The average Bonchev–Trinajstić information content (AvgIpc) is 2.32. The molecule has 0 spiro atoms. The van der Waals surface area contributed by atoms with E-state index in [2.05, 4.69) is 15.0 Å². The first-order valence-corrected chi connectivity index (χ1v) is 6.60. The van der Waals surface area contributed by atoms with E-state index in [4.69, 9.17) is 0 Å². The molecular weight excluding hydrogens is 245 g/mol. The molecule has 0 aliphatic carbocycles. The number of rotatable bonds is 7. The lowest BCUT2D eigenvalue weighted by molar-refractivity contribution is -0.324. The van der Waals surface area contributed by atoms with Gasteiger partial charge in [0.25, 0.3) is 0 Å². The van der Waals surface area contributed by atoms with Crippen LogP contribution in [0.25, 0.3) is 0 Å². The van der Waals surface area contributed by atoms with Gasteiger partial charge in [-0.2, -0.15) is 0 Å². The number of hydrogen-bond acceptors (Lipinski definition) is 3. The van der Waals surface area contributed by atoms with Crippen molar-refractivity contribution in [2.24, 2.45) is 0 Å². The van der Waals surface area contributed by atoms with Crippen LogP contribution in [-0.4, -0.2) is 50.6 Å². The minimum atomic E-state index is -4.50. The molecule has 1 aliphatic rings. The van der Waals surface area contributed by atoms with E-state index in [-0.39, 0.29) is 6.61 Å². The normalized spacial score (nSPS) is 21.5. The standard InChI is InChI=1S/C12H23F3N2O/c1-17(8-4-10-18-12(13,14)15)9-6-11-5-2-3-7-16-11/h11,16H,2-10H2,1H3. The third kappa shape index (κ3) is 7.89. The van der Waals surface area contributed by atoms with Crippen molar-refractivity contribution in [1.29, 1.82) is 0 Å². The maximum atomic E-state index is 11.7. The Morgan fingerprint density at radius 2 is 2.06 bits per heavy atom. The van der Waals surface area contributed by atoms with E-state index in [1.807, 2.05) is 7.05 Å². The van der Waals surface area contributed by atoms with Gasteiger partial charge in [-0.25, -0.2) is 0 Å². The predicted octanol–water partition coefficient (Wildman–Crippen LogP) is 2.38. The second kappa shape index (κ2) is 7.96. The highest BCUT2D eigenvalue weighted by Crippen LogP contribution is 2.16. The summed E-state index contributed by atoms with van der Waals surface area (Å²) in [5.41, 5.74) is 0. The SMILES string of the molecule is CN(CCCOC(F)(F)F)CCC1CCCCN1. The van der Waals surface area contributed by atoms with Crippen LogP contribution < -0.4 is 5.32 Å². The molecule has 0 aromatic rings. The van der Waals surface area contributed by atoms with Gasteiger partial charge in [0.15, 0.2) is 0 Å². The summed E-state index contributed by atoms with van der Waals surface area (Å²) in [5, 5.41) is 3.46. The van der Waals surface area contributed by atoms with Gasteiger partial charge in [0.05, 0.1) is 6.61 Å². The highest BCUT2D eigenvalue weighted by atomic mass is 19.4. The minimum absolute atomic E-state index is 0.254. The molecule has 108 valence electrons. The third-order valence-corrected chi connectivity index (χ3v) is 3.22. The Bertz CT molecular complexity index is 218. The number of nitrogens with zero attached hydrogens (tertiary/aromatic N) is 1. The number of hydrogen-bond donors (Lipinski definition) is 1. The van der Waals surface area contributed by atoms with Gasteiger partial charge in [-0.05, 0) is 45.8 Å². The fraction of sp³-hybridized carbons (Fsp3) is 1.00. The Labute approximate surface area is 107 Å². The molecule has 0 bridgehead atoms. The lowest BCUT2D eigenvalue weighted by atomic mass is 10.0. The molecule has 0 aromatic carbocycles. The summed E-state index contributed by atoms with van der Waals surface area (Å²) in [7, 11) is 1.94. The molecule has 1 unspecified atom stereocenters. The van der Waals surface area contributed by atoms with Gasteiger partial charge in [-0.15, -0.1) is 13.2 Å². The molecule has 18 heavy (non-hydrogen) atoms. The highest BCUT2D eigenvalue weighted by Gasteiger charge is 2.28. The largest absolute Gasteiger partial charge is 0.522 e. The van der Waals surface area contributed by atoms with Crippen LogP contribution in [0.2, 0.25) is 0 Å². The molecule has 0 aromatic heterocycles.